The summed E-state index contributed by atoms with van der Waals surface area (Å²) in [7, 11) is 0. The van der Waals surface area contributed by atoms with E-state index in [1.54, 1.807) is 6.07 Å². The zero-order valence-corrected chi connectivity index (χ0v) is 17.8. The number of carbonyl (C=O) groups excluding carboxylic acids is 2. The SMILES string of the molecule is CCOc1ccccc1NC1=C(c2ccc(C)cc2)C(=O)N(c2ccccc2C)C1=O. The highest BCUT2D eigenvalue weighted by Crippen LogP contribution is 2.36. The van der Waals surface area contributed by atoms with Gasteiger partial charge in [0.15, 0.2) is 0 Å². The summed E-state index contributed by atoms with van der Waals surface area (Å²) in [6.07, 6.45) is 0. The average molecular weight is 412 g/mol. The molecule has 2 amide bonds. The van der Waals surface area contributed by atoms with Crippen LogP contribution in [0.1, 0.15) is 23.6 Å². The van der Waals surface area contributed by atoms with Crippen LogP contribution in [-0.2, 0) is 9.59 Å². The van der Waals surface area contributed by atoms with Crippen LogP contribution in [0.5, 0.6) is 5.75 Å². The van der Waals surface area contributed by atoms with Gasteiger partial charge in [-0.2, -0.15) is 0 Å². The average Bonchev–Trinajstić information content (AvgIpc) is 3.00. The summed E-state index contributed by atoms with van der Waals surface area (Å²) in [5.41, 5.74) is 4.42. The van der Waals surface area contributed by atoms with Crippen LogP contribution in [0, 0.1) is 13.8 Å². The van der Waals surface area contributed by atoms with E-state index in [4.69, 9.17) is 4.74 Å². The fraction of sp³-hybridized carbons (Fsp3) is 0.154. The van der Waals surface area contributed by atoms with Gasteiger partial charge < -0.3 is 10.1 Å². The zero-order chi connectivity index (χ0) is 22.0. The number of rotatable bonds is 6. The number of anilines is 2. The van der Waals surface area contributed by atoms with Crippen LogP contribution in [-0.4, -0.2) is 18.4 Å². The van der Waals surface area contributed by atoms with Crippen LogP contribution in [0.2, 0.25) is 0 Å². The molecule has 0 atom stereocenters. The van der Waals surface area contributed by atoms with E-state index in [0.717, 1.165) is 11.1 Å². The molecule has 1 N–H and O–H groups in total. The molecule has 0 bridgehead atoms. The highest BCUT2D eigenvalue weighted by molar-refractivity contribution is 6.46. The maximum atomic E-state index is 13.5. The van der Waals surface area contributed by atoms with Crippen LogP contribution < -0.4 is 15.0 Å². The lowest BCUT2D eigenvalue weighted by atomic mass is 10.0. The fourth-order valence-corrected chi connectivity index (χ4v) is 3.65. The summed E-state index contributed by atoms with van der Waals surface area (Å²) in [6, 6.07) is 22.4. The first kappa shape index (κ1) is 20.4. The Morgan fingerprint density at radius 3 is 2.23 bits per heavy atom. The van der Waals surface area contributed by atoms with Crippen molar-refractivity contribution in [2.24, 2.45) is 0 Å². The molecule has 0 saturated carbocycles. The van der Waals surface area contributed by atoms with Gasteiger partial charge in [0.25, 0.3) is 11.8 Å². The van der Waals surface area contributed by atoms with E-state index in [2.05, 4.69) is 5.32 Å². The lowest BCUT2D eigenvalue weighted by Crippen LogP contribution is -2.33. The number of hydrogen-bond donors (Lipinski definition) is 1. The molecule has 1 aliphatic heterocycles. The maximum absolute atomic E-state index is 13.5. The maximum Gasteiger partial charge on any atom is 0.282 e. The van der Waals surface area contributed by atoms with E-state index in [1.165, 1.54) is 4.90 Å². The third-order valence-electron chi connectivity index (χ3n) is 5.23. The molecule has 0 radical (unpaired) electrons. The number of imide groups is 1. The van der Waals surface area contributed by atoms with Crippen molar-refractivity contribution in [1.82, 2.24) is 0 Å². The van der Waals surface area contributed by atoms with E-state index in [-0.39, 0.29) is 17.5 Å². The van der Waals surface area contributed by atoms with Crippen molar-refractivity contribution in [2.45, 2.75) is 20.8 Å². The minimum Gasteiger partial charge on any atom is -0.492 e. The van der Waals surface area contributed by atoms with Gasteiger partial charge in [-0.25, -0.2) is 4.90 Å². The molecule has 0 fully saturated rings. The van der Waals surface area contributed by atoms with Crippen molar-refractivity contribution < 1.29 is 14.3 Å². The number of para-hydroxylation sites is 3. The Balaban J connectivity index is 1.84. The first-order valence-electron chi connectivity index (χ1n) is 10.3. The second-order valence-corrected chi connectivity index (χ2v) is 7.40. The molecule has 0 aliphatic carbocycles. The second-order valence-electron chi connectivity index (χ2n) is 7.40. The Bertz CT molecular complexity index is 1180. The molecule has 4 rings (SSSR count). The molecule has 0 saturated heterocycles. The molecule has 156 valence electrons. The fourth-order valence-electron chi connectivity index (χ4n) is 3.65. The Morgan fingerprint density at radius 2 is 1.52 bits per heavy atom. The van der Waals surface area contributed by atoms with Crippen molar-refractivity contribution >= 4 is 28.8 Å². The van der Waals surface area contributed by atoms with E-state index in [1.807, 2.05) is 87.5 Å². The van der Waals surface area contributed by atoms with Gasteiger partial charge in [0.1, 0.15) is 11.4 Å². The second kappa shape index (κ2) is 8.48. The summed E-state index contributed by atoms with van der Waals surface area (Å²) in [4.78, 5) is 28.3. The van der Waals surface area contributed by atoms with E-state index < -0.39 is 0 Å². The van der Waals surface area contributed by atoms with Gasteiger partial charge in [0.2, 0.25) is 0 Å². The number of nitrogens with one attached hydrogen (secondary N) is 1. The van der Waals surface area contributed by atoms with E-state index in [0.29, 0.717) is 34.9 Å². The number of benzene rings is 3. The Morgan fingerprint density at radius 1 is 0.839 bits per heavy atom. The van der Waals surface area contributed by atoms with Gasteiger partial charge in [0.05, 0.1) is 23.6 Å². The molecule has 3 aromatic carbocycles. The highest BCUT2D eigenvalue weighted by atomic mass is 16.5. The predicted octanol–water partition coefficient (Wildman–Crippen LogP) is 5.10. The Kier molecular flexibility index (Phi) is 5.58. The van der Waals surface area contributed by atoms with Gasteiger partial charge in [0, 0.05) is 0 Å². The quantitative estimate of drug-likeness (QED) is 0.573. The first-order valence-corrected chi connectivity index (χ1v) is 10.3. The van der Waals surface area contributed by atoms with Gasteiger partial charge in [-0.3, -0.25) is 9.59 Å². The van der Waals surface area contributed by atoms with E-state index >= 15 is 0 Å². The molecule has 31 heavy (non-hydrogen) atoms. The first-order chi connectivity index (χ1) is 15.0. The molecule has 0 unspecified atom stereocenters. The Hall–Kier alpha value is -3.86. The third-order valence-corrected chi connectivity index (χ3v) is 5.23. The van der Waals surface area contributed by atoms with Crippen molar-refractivity contribution in [3.63, 3.8) is 0 Å². The van der Waals surface area contributed by atoms with E-state index in [9.17, 15) is 9.59 Å². The third kappa shape index (κ3) is 3.82. The highest BCUT2D eigenvalue weighted by Gasteiger charge is 2.41. The molecule has 5 nitrogen and oxygen atoms in total. The summed E-state index contributed by atoms with van der Waals surface area (Å²) in [5.74, 6) is -0.115. The standard InChI is InChI=1S/C26H24N2O3/c1-4-31-22-12-8-6-10-20(22)27-24-23(19-15-13-17(2)14-16-19)25(29)28(26(24)30)21-11-7-5-9-18(21)3/h5-16,27H,4H2,1-3H3. The van der Waals surface area contributed by atoms with Crippen LogP contribution >= 0.6 is 0 Å². The van der Waals surface area contributed by atoms with Gasteiger partial charge in [-0.1, -0.05) is 60.2 Å². The largest absolute Gasteiger partial charge is 0.492 e. The lowest BCUT2D eigenvalue weighted by Gasteiger charge is -2.18. The smallest absolute Gasteiger partial charge is 0.282 e. The van der Waals surface area contributed by atoms with Gasteiger partial charge in [-0.05, 0) is 50.1 Å². The minimum atomic E-state index is -0.388. The summed E-state index contributed by atoms with van der Waals surface area (Å²) >= 11 is 0. The number of aryl methyl sites for hydroxylation is 2. The molecule has 3 aromatic rings. The number of ether oxygens (including phenoxy) is 1. The minimum absolute atomic E-state index is 0.240. The predicted molar refractivity (Wildman–Crippen MR) is 123 cm³/mol. The normalized spacial score (nSPS) is 13.7. The molecular weight excluding hydrogens is 388 g/mol. The van der Waals surface area contributed by atoms with Crippen LogP contribution in [0.15, 0.2) is 78.5 Å². The molecule has 5 heteroatoms. The van der Waals surface area contributed by atoms with Gasteiger partial charge >= 0.3 is 0 Å². The molecule has 0 aromatic heterocycles. The molecule has 1 aliphatic rings. The topological polar surface area (TPSA) is 58.6 Å². The van der Waals surface area contributed by atoms with Crippen LogP contribution in [0.4, 0.5) is 11.4 Å². The monoisotopic (exact) mass is 412 g/mol. The summed E-state index contributed by atoms with van der Waals surface area (Å²) < 4.78 is 5.70. The van der Waals surface area contributed by atoms with Crippen molar-refractivity contribution in [3.8, 4) is 5.75 Å². The Labute approximate surface area is 182 Å². The zero-order valence-electron chi connectivity index (χ0n) is 17.8. The molecule has 1 heterocycles. The van der Waals surface area contributed by atoms with Crippen molar-refractivity contribution in [1.29, 1.82) is 0 Å². The van der Waals surface area contributed by atoms with Crippen LogP contribution in [0.3, 0.4) is 0 Å². The number of hydrogen-bond acceptors (Lipinski definition) is 4. The summed E-state index contributed by atoms with van der Waals surface area (Å²) in [6.45, 7) is 6.26. The number of nitrogens with zero attached hydrogens (tertiary/aromatic N) is 1. The summed E-state index contributed by atoms with van der Waals surface area (Å²) in [5, 5.41) is 3.20. The molecular formula is C26H24N2O3. The lowest BCUT2D eigenvalue weighted by molar-refractivity contribution is -0.120. The van der Waals surface area contributed by atoms with Crippen molar-refractivity contribution in [2.75, 3.05) is 16.8 Å². The van der Waals surface area contributed by atoms with Crippen molar-refractivity contribution in [3.05, 3.63) is 95.2 Å². The van der Waals surface area contributed by atoms with Gasteiger partial charge in [-0.15, -0.1) is 0 Å². The molecule has 0 spiro atoms. The number of amides is 2. The number of carbonyl (C=O) groups is 2. The van der Waals surface area contributed by atoms with Crippen LogP contribution in [0.25, 0.3) is 5.57 Å².